The van der Waals surface area contributed by atoms with Crippen LogP contribution in [0.2, 0.25) is 0 Å². The Morgan fingerprint density at radius 1 is 0.955 bits per heavy atom. The zero-order valence-electron chi connectivity index (χ0n) is 11.6. The molecule has 0 amide bonds. The van der Waals surface area contributed by atoms with Crippen molar-refractivity contribution in [2.75, 3.05) is 0 Å². The average molecular weight is 408 g/mol. The first-order chi connectivity index (χ1) is 10.1. The minimum Gasteiger partial charge on any atom is -0.276 e. The highest BCUT2D eigenvalue weighted by Crippen LogP contribution is 2.16. The maximum atomic E-state index is 4.13. The minimum atomic E-state index is 0. The molecule has 0 saturated heterocycles. The number of H-pyrrole nitrogens is 2. The molecule has 4 aromatic rings. The summed E-state index contributed by atoms with van der Waals surface area (Å²) in [7, 11) is 0. The van der Waals surface area contributed by atoms with Crippen molar-refractivity contribution in [3.05, 3.63) is 45.8 Å². The quantitative estimate of drug-likeness (QED) is 0.434. The summed E-state index contributed by atoms with van der Waals surface area (Å²) in [6.45, 7) is 3.94. The summed E-state index contributed by atoms with van der Waals surface area (Å²) in [5, 5.41) is 15.9. The van der Waals surface area contributed by atoms with Gasteiger partial charge in [-0.2, -0.15) is 10.2 Å². The molecule has 0 spiro atoms. The molecule has 0 unspecified atom stereocenters. The van der Waals surface area contributed by atoms with Crippen LogP contribution in [0, 0.1) is 17.5 Å². The lowest BCUT2D eigenvalue weighted by molar-refractivity contribution is 1.09. The molecule has 0 saturated carbocycles. The number of aromatic amines is 2. The first kappa shape index (κ1) is 16.3. The van der Waals surface area contributed by atoms with Gasteiger partial charge in [0, 0.05) is 22.2 Å². The third-order valence-corrected chi connectivity index (χ3v) is 3.81. The average Bonchev–Trinajstić information content (AvgIpc) is 3.06. The largest absolute Gasteiger partial charge is 0.276 e. The molecule has 0 aromatic carbocycles. The summed E-state index contributed by atoms with van der Waals surface area (Å²) in [4.78, 5) is 8.24. The van der Waals surface area contributed by atoms with Crippen molar-refractivity contribution in [3.8, 4) is 0 Å². The van der Waals surface area contributed by atoms with Gasteiger partial charge in [-0.05, 0) is 48.6 Å². The maximum Gasteiger partial charge on any atom is 0.111 e. The molecule has 4 rings (SSSR count). The highest BCUT2D eigenvalue weighted by molar-refractivity contribution is 14.1. The van der Waals surface area contributed by atoms with E-state index >= 15 is 0 Å². The lowest BCUT2D eigenvalue weighted by Crippen LogP contribution is -1.78. The predicted molar refractivity (Wildman–Crippen MR) is 96.7 cm³/mol. The number of hydrogen-bond donors (Lipinski definition) is 2. The molecule has 4 aromatic heterocycles. The van der Waals surface area contributed by atoms with Crippen LogP contribution < -0.4 is 0 Å². The molecule has 0 aliphatic carbocycles. The topological polar surface area (TPSA) is 83.1 Å². The van der Waals surface area contributed by atoms with Crippen LogP contribution in [0.4, 0.5) is 0 Å². The number of halogens is 1. The summed E-state index contributed by atoms with van der Waals surface area (Å²) >= 11 is 2.22. The van der Waals surface area contributed by atoms with Crippen LogP contribution >= 0.6 is 22.6 Å². The number of fused-ring (bicyclic) bond motifs is 2. The number of nitrogens with one attached hydrogen (secondary N) is 2. The van der Waals surface area contributed by atoms with Gasteiger partial charge < -0.3 is 0 Å². The van der Waals surface area contributed by atoms with Gasteiger partial charge in [-0.1, -0.05) is 7.43 Å². The first-order valence-corrected chi connectivity index (χ1v) is 7.43. The smallest absolute Gasteiger partial charge is 0.111 e. The van der Waals surface area contributed by atoms with Crippen LogP contribution in [0.5, 0.6) is 0 Å². The Kier molecular flexibility index (Phi) is 5.07. The van der Waals surface area contributed by atoms with Crippen molar-refractivity contribution in [3.63, 3.8) is 0 Å². The Bertz CT molecular complexity index is 895. The summed E-state index contributed by atoms with van der Waals surface area (Å²) in [6, 6.07) is 4.03. The highest BCUT2D eigenvalue weighted by atomic mass is 127. The van der Waals surface area contributed by atoms with Crippen LogP contribution in [-0.4, -0.2) is 30.4 Å². The molecular weight excluding hydrogens is 391 g/mol. The monoisotopic (exact) mass is 408 g/mol. The van der Waals surface area contributed by atoms with Gasteiger partial charge in [0.2, 0.25) is 0 Å². The fraction of sp³-hybridized carbons (Fsp3) is 0.200. The predicted octanol–water partition coefficient (Wildman–Crippen LogP) is 3.77. The number of nitrogens with zero attached hydrogens (tertiary/aromatic N) is 4. The van der Waals surface area contributed by atoms with Gasteiger partial charge in [-0.25, -0.2) is 0 Å². The molecular formula is C15H17IN6. The van der Waals surface area contributed by atoms with Crippen LogP contribution in [0.1, 0.15) is 18.8 Å². The van der Waals surface area contributed by atoms with Crippen molar-refractivity contribution in [1.82, 2.24) is 30.4 Å². The Hall–Kier alpha value is -2.03. The van der Waals surface area contributed by atoms with Gasteiger partial charge in [-0.15, -0.1) is 0 Å². The molecule has 22 heavy (non-hydrogen) atoms. The molecule has 0 aliphatic rings. The molecule has 114 valence electrons. The molecule has 7 heteroatoms. The van der Waals surface area contributed by atoms with Crippen molar-refractivity contribution in [2.45, 2.75) is 21.3 Å². The van der Waals surface area contributed by atoms with Crippen molar-refractivity contribution >= 4 is 44.4 Å². The molecule has 0 radical (unpaired) electrons. The Labute approximate surface area is 141 Å². The molecule has 4 heterocycles. The Morgan fingerprint density at radius 2 is 1.68 bits per heavy atom. The maximum absolute atomic E-state index is 4.13. The normalized spacial score (nSPS) is 10.1. The van der Waals surface area contributed by atoms with E-state index in [4.69, 9.17) is 0 Å². The van der Waals surface area contributed by atoms with E-state index in [1.165, 1.54) is 0 Å². The standard InChI is InChI=1S/C7H6IN3.C7H7N3.CH4/c1-4-2-5-6(3-9-4)10-11-7(5)8;1-5-2-6-3-9-10-7(6)4-8-5;/h2-3H,1H3,(H,10,11);2-4H,1H3,(H,9,10);1H4. The zero-order chi connectivity index (χ0) is 14.8. The molecule has 6 nitrogen and oxygen atoms in total. The van der Waals surface area contributed by atoms with E-state index in [1.807, 2.05) is 26.0 Å². The summed E-state index contributed by atoms with van der Waals surface area (Å²) in [6.07, 6.45) is 5.37. The number of aryl methyl sites for hydroxylation is 2. The van der Waals surface area contributed by atoms with E-state index in [1.54, 1.807) is 18.6 Å². The van der Waals surface area contributed by atoms with Crippen molar-refractivity contribution in [1.29, 1.82) is 0 Å². The van der Waals surface area contributed by atoms with E-state index in [0.717, 1.165) is 36.9 Å². The van der Waals surface area contributed by atoms with Crippen LogP contribution in [0.3, 0.4) is 0 Å². The molecule has 0 bridgehead atoms. The van der Waals surface area contributed by atoms with Crippen LogP contribution in [-0.2, 0) is 0 Å². The van der Waals surface area contributed by atoms with Gasteiger partial charge in [0.1, 0.15) is 9.22 Å². The second-order valence-corrected chi connectivity index (χ2v) is 5.74. The number of aromatic nitrogens is 6. The Balaban J connectivity index is 0.000000154. The molecule has 0 atom stereocenters. The Morgan fingerprint density at radius 3 is 2.50 bits per heavy atom. The number of pyridine rings is 2. The van der Waals surface area contributed by atoms with Crippen LogP contribution in [0.15, 0.2) is 30.7 Å². The molecule has 0 fully saturated rings. The SMILES string of the molecule is C.Cc1cc2c(I)[nH]nc2cn1.Cc1cc2cn[nH]c2cn1. The van der Waals surface area contributed by atoms with E-state index in [-0.39, 0.29) is 7.43 Å². The summed E-state index contributed by atoms with van der Waals surface area (Å²) < 4.78 is 1.07. The summed E-state index contributed by atoms with van der Waals surface area (Å²) in [5.41, 5.74) is 3.97. The van der Waals surface area contributed by atoms with Gasteiger partial charge in [-0.3, -0.25) is 20.2 Å². The van der Waals surface area contributed by atoms with E-state index < -0.39 is 0 Å². The lowest BCUT2D eigenvalue weighted by atomic mass is 10.3. The summed E-state index contributed by atoms with van der Waals surface area (Å²) in [5.74, 6) is 0. The van der Waals surface area contributed by atoms with Crippen molar-refractivity contribution < 1.29 is 0 Å². The first-order valence-electron chi connectivity index (χ1n) is 6.35. The number of rotatable bonds is 0. The van der Waals surface area contributed by atoms with E-state index in [0.29, 0.717) is 0 Å². The molecule has 0 aliphatic heterocycles. The van der Waals surface area contributed by atoms with Gasteiger partial charge >= 0.3 is 0 Å². The second-order valence-electron chi connectivity index (χ2n) is 4.66. The highest BCUT2D eigenvalue weighted by Gasteiger charge is 2.01. The zero-order valence-corrected chi connectivity index (χ0v) is 13.7. The lowest BCUT2D eigenvalue weighted by Gasteiger charge is -1.89. The molecule has 2 N–H and O–H groups in total. The van der Waals surface area contributed by atoms with Crippen LogP contribution in [0.25, 0.3) is 21.8 Å². The van der Waals surface area contributed by atoms with Crippen molar-refractivity contribution in [2.24, 2.45) is 0 Å². The third-order valence-electron chi connectivity index (χ3n) is 2.99. The fourth-order valence-corrected chi connectivity index (χ4v) is 2.49. The number of hydrogen-bond acceptors (Lipinski definition) is 4. The second kappa shape index (κ2) is 6.82. The fourth-order valence-electron chi connectivity index (χ4n) is 1.94. The van der Waals surface area contributed by atoms with E-state index in [9.17, 15) is 0 Å². The third kappa shape index (κ3) is 3.41. The minimum absolute atomic E-state index is 0. The van der Waals surface area contributed by atoms with E-state index in [2.05, 4.69) is 53.0 Å². The van der Waals surface area contributed by atoms with Gasteiger partial charge in [0.05, 0.1) is 24.1 Å². The van der Waals surface area contributed by atoms with Gasteiger partial charge in [0.15, 0.2) is 0 Å². The van der Waals surface area contributed by atoms with Gasteiger partial charge in [0.25, 0.3) is 0 Å².